The summed E-state index contributed by atoms with van der Waals surface area (Å²) in [4.78, 5) is 8.24. The van der Waals surface area contributed by atoms with Gasteiger partial charge in [-0.05, 0) is 37.1 Å². The van der Waals surface area contributed by atoms with Gasteiger partial charge in [0.25, 0.3) is 0 Å². The Bertz CT molecular complexity index is 513. The summed E-state index contributed by atoms with van der Waals surface area (Å²) in [7, 11) is 0. The number of aromatic nitrogens is 2. The van der Waals surface area contributed by atoms with Crippen molar-refractivity contribution in [2.24, 2.45) is 0 Å². The van der Waals surface area contributed by atoms with E-state index in [0.717, 1.165) is 37.3 Å². The Morgan fingerprint density at radius 2 is 1.71 bits per heavy atom. The highest BCUT2D eigenvalue weighted by atomic mass is 16.5. The van der Waals surface area contributed by atoms with Gasteiger partial charge in [-0.2, -0.15) is 0 Å². The van der Waals surface area contributed by atoms with E-state index in [1.807, 2.05) is 24.5 Å². The molecule has 1 atom stereocenters. The van der Waals surface area contributed by atoms with Gasteiger partial charge in [-0.25, -0.2) is 9.97 Å². The highest BCUT2D eigenvalue weighted by Crippen LogP contribution is 2.23. The summed E-state index contributed by atoms with van der Waals surface area (Å²) in [5.74, 6) is 0.916. The molecule has 0 radical (unpaired) electrons. The maximum atomic E-state index is 5.63. The molecule has 4 heteroatoms. The van der Waals surface area contributed by atoms with Gasteiger partial charge in [0.05, 0.1) is 12.6 Å². The van der Waals surface area contributed by atoms with Crippen LogP contribution in [-0.4, -0.2) is 23.1 Å². The number of nitrogens with zero attached hydrogens (tertiary/aromatic N) is 2. The molecule has 0 aliphatic carbocycles. The average Bonchev–Trinajstić information content (AvgIpc) is 2.55. The fourth-order valence-electron chi connectivity index (χ4n) is 2.15. The molecule has 0 saturated carbocycles. The molecule has 1 aromatic heterocycles. The Hall–Kier alpha value is -1.94. The number of rotatable bonds is 8. The summed E-state index contributed by atoms with van der Waals surface area (Å²) in [5.41, 5.74) is 2.27. The molecule has 1 aromatic carbocycles. The molecule has 0 saturated heterocycles. The highest BCUT2D eigenvalue weighted by molar-refractivity contribution is 5.33. The largest absolute Gasteiger partial charge is 0.494 e. The third-order valence-corrected chi connectivity index (χ3v) is 3.20. The molecule has 0 bridgehead atoms. The Labute approximate surface area is 126 Å². The number of hydrogen-bond donors (Lipinski definition) is 1. The van der Waals surface area contributed by atoms with Crippen molar-refractivity contribution in [3.8, 4) is 5.75 Å². The van der Waals surface area contributed by atoms with E-state index in [2.05, 4.69) is 41.3 Å². The van der Waals surface area contributed by atoms with Gasteiger partial charge in [0, 0.05) is 18.0 Å². The van der Waals surface area contributed by atoms with Crippen LogP contribution in [0.2, 0.25) is 0 Å². The lowest BCUT2D eigenvalue weighted by atomic mass is 10.0. The van der Waals surface area contributed by atoms with Crippen LogP contribution in [0.3, 0.4) is 0 Å². The van der Waals surface area contributed by atoms with E-state index in [9.17, 15) is 0 Å². The van der Waals surface area contributed by atoms with E-state index < -0.39 is 0 Å². The van der Waals surface area contributed by atoms with Crippen molar-refractivity contribution >= 4 is 0 Å². The van der Waals surface area contributed by atoms with Gasteiger partial charge in [0.15, 0.2) is 0 Å². The van der Waals surface area contributed by atoms with Gasteiger partial charge in [-0.1, -0.05) is 26.0 Å². The predicted octanol–water partition coefficient (Wildman–Crippen LogP) is 3.35. The molecular weight excluding hydrogens is 262 g/mol. The zero-order valence-corrected chi connectivity index (χ0v) is 12.7. The maximum absolute atomic E-state index is 5.63. The monoisotopic (exact) mass is 285 g/mol. The smallest absolute Gasteiger partial charge is 0.119 e. The van der Waals surface area contributed by atoms with Crippen LogP contribution in [0.15, 0.2) is 43.0 Å². The van der Waals surface area contributed by atoms with Gasteiger partial charge < -0.3 is 10.1 Å². The van der Waals surface area contributed by atoms with Gasteiger partial charge in [-0.3, -0.25) is 0 Å². The molecule has 0 fully saturated rings. The van der Waals surface area contributed by atoms with Crippen molar-refractivity contribution < 1.29 is 4.74 Å². The second kappa shape index (κ2) is 8.37. The Morgan fingerprint density at radius 3 is 2.33 bits per heavy atom. The van der Waals surface area contributed by atoms with Crippen molar-refractivity contribution in [1.82, 2.24) is 15.3 Å². The SMILES string of the molecule is CCCNC(c1ccc(OCCC)cc1)c1cncnc1. The first kappa shape index (κ1) is 15.4. The van der Waals surface area contributed by atoms with Gasteiger partial charge in [-0.15, -0.1) is 0 Å². The molecular formula is C17H23N3O. The predicted molar refractivity (Wildman–Crippen MR) is 84.4 cm³/mol. The number of benzene rings is 1. The number of ether oxygens (including phenoxy) is 1. The third-order valence-electron chi connectivity index (χ3n) is 3.20. The lowest BCUT2D eigenvalue weighted by Gasteiger charge is -2.19. The van der Waals surface area contributed by atoms with E-state index in [0.29, 0.717) is 0 Å². The van der Waals surface area contributed by atoms with Crippen LogP contribution >= 0.6 is 0 Å². The van der Waals surface area contributed by atoms with Crippen LogP contribution in [-0.2, 0) is 0 Å². The topological polar surface area (TPSA) is 47.0 Å². The second-order valence-corrected chi connectivity index (χ2v) is 4.98. The Morgan fingerprint density at radius 1 is 1.00 bits per heavy atom. The lowest BCUT2D eigenvalue weighted by molar-refractivity contribution is 0.317. The number of nitrogens with one attached hydrogen (secondary N) is 1. The first-order chi connectivity index (χ1) is 10.3. The summed E-state index contributed by atoms with van der Waals surface area (Å²) < 4.78 is 5.63. The van der Waals surface area contributed by atoms with Gasteiger partial charge in [0.2, 0.25) is 0 Å². The minimum absolute atomic E-state index is 0.117. The Balaban J connectivity index is 2.16. The van der Waals surface area contributed by atoms with E-state index in [4.69, 9.17) is 4.74 Å². The molecule has 21 heavy (non-hydrogen) atoms. The molecule has 112 valence electrons. The van der Waals surface area contributed by atoms with Crippen molar-refractivity contribution in [3.05, 3.63) is 54.1 Å². The average molecular weight is 285 g/mol. The minimum atomic E-state index is 0.117. The molecule has 1 N–H and O–H groups in total. The molecule has 0 spiro atoms. The first-order valence-corrected chi connectivity index (χ1v) is 7.56. The number of hydrogen-bond acceptors (Lipinski definition) is 4. The van der Waals surface area contributed by atoms with Gasteiger partial charge >= 0.3 is 0 Å². The van der Waals surface area contributed by atoms with Crippen molar-refractivity contribution in [3.63, 3.8) is 0 Å². The van der Waals surface area contributed by atoms with Crippen molar-refractivity contribution in [2.75, 3.05) is 13.2 Å². The fourth-order valence-corrected chi connectivity index (χ4v) is 2.15. The van der Waals surface area contributed by atoms with E-state index >= 15 is 0 Å². The highest BCUT2D eigenvalue weighted by Gasteiger charge is 2.13. The minimum Gasteiger partial charge on any atom is -0.494 e. The second-order valence-electron chi connectivity index (χ2n) is 4.98. The van der Waals surface area contributed by atoms with Crippen LogP contribution in [0.25, 0.3) is 0 Å². The summed E-state index contributed by atoms with van der Waals surface area (Å²) in [5, 5.41) is 3.54. The third kappa shape index (κ3) is 4.53. The first-order valence-electron chi connectivity index (χ1n) is 7.56. The van der Waals surface area contributed by atoms with Gasteiger partial charge in [0.1, 0.15) is 12.1 Å². The van der Waals surface area contributed by atoms with Crippen LogP contribution < -0.4 is 10.1 Å². The van der Waals surface area contributed by atoms with Crippen LogP contribution in [0.1, 0.15) is 43.9 Å². The van der Waals surface area contributed by atoms with Crippen molar-refractivity contribution in [1.29, 1.82) is 0 Å². The summed E-state index contributed by atoms with van der Waals surface area (Å²) in [6.45, 7) is 5.97. The summed E-state index contributed by atoms with van der Waals surface area (Å²) in [6, 6.07) is 8.37. The summed E-state index contributed by atoms with van der Waals surface area (Å²) >= 11 is 0. The fraction of sp³-hybridized carbons (Fsp3) is 0.412. The van der Waals surface area contributed by atoms with Crippen LogP contribution in [0, 0.1) is 0 Å². The lowest BCUT2D eigenvalue weighted by Crippen LogP contribution is -2.23. The molecule has 0 aliphatic rings. The van der Waals surface area contributed by atoms with Crippen LogP contribution in [0.5, 0.6) is 5.75 Å². The molecule has 0 aliphatic heterocycles. The van der Waals surface area contributed by atoms with E-state index in [1.54, 1.807) is 6.33 Å². The molecule has 2 rings (SSSR count). The zero-order valence-electron chi connectivity index (χ0n) is 12.7. The molecule has 1 heterocycles. The molecule has 0 amide bonds. The quantitative estimate of drug-likeness (QED) is 0.808. The Kier molecular flexibility index (Phi) is 6.16. The standard InChI is InChI=1S/C17H23N3O/c1-3-9-20-17(15-11-18-13-19-12-15)14-5-7-16(8-6-14)21-10-4-2/h5-8,11-13,17,20H,3-4,9-10H2,1-2H3. The molecule has 4 nitrogen and oxygen atoms in total. The molecule has 2 aromatic rings. The van der Waals surface area contributed by atoms with E-state index in [-0.39, 0.29) is 6.04 Å². The zero-order chi connectivity index (χ0) is 14.9. The van der Waals surface area contributed by atoms with Crippen molar-refractivity contribution in [2.45, 2.75) is 32.7 Å². The van der Waals surface area contributed by atoms with Crippen LogP contribution in [0.4, 0.5) is 0 Å². The maximum Gasteiger partial charge on any atom is 0.119 e. The van der Waals surface area contributed by atoms with E-state index in [1.165, 1.54) is 5.56 Å². The summed E-state index contributed by atoms with van der Waals surface area (Å²) in [6.07, 6.45) is 7.39. The normalized spacial score (nSPS) is 12.1. The molecule has 1 unspecified atom stereocenters.